The number of carbonyl (C=O) groups is 2. The van der Waals surface area contributed by atoms with Gasteiger partial charge in [0.2, 0.25) is 11.8 Å². The van der Waals surface area contributed by atoms with Gasteiger partial charge in [-0.2, -0.15) is 4.98 Å². The quantitative estimate of drug-likeness (QED) is 0.744. The van der Waals surface area contributed by atoms with E-state index in [2.05, 4.69) is 25.3 Å². The smallest absolute Gasteiger partial charge is 0.410 e. The highest BCUT2D eigenvalue weighted by atomic mass is 16.6. The Hall–Kier alpha value is -3.17. The molecule has 1 aliphatic heterocycles. The predicted molar refractivity (Wildman–Crippen MR) is 115 cm³/mol. The Morgan fingerprint density at radius 3 is 2.52 bits per heavy atom. The number of pyridine rings is 1. The van der Waals surface area contributed by atoms with Gasteiger partial charge in [0, 0.05) is 39.0 Å². The Morgan fingerprint density at radius 1 is 1.19 bits per heavy atom. The van der Waals surface area contributed by atoms with E-state index in [1.807, 2.05) is 26.8 Å². The molecule has 2 amide bonds. The number of rotatable bonds is 6. The zero-order valence-electron chi connectivity index (χ0n) is 18.6. The van der Waals surface area contributed by atoms with Crippen molar-refractivity contribution in [2.24, 2.45) is 0 Å². The van der Waals surface area contributed by atoms with E-state index in [1.165, 1.54) is 0 Å². The summed E-state index contributed by atoms with van der Waals surface area (Å²) in [6.07, 6.45) is 2.98. The molecule has 0 aromatic carbocycles. The summed E-state index contributed by atoms with van der Waals surface area (Å²) in [6.45, 7) is 9.92. The molecule has 0 spiro atoms. The fraction of sp³-hybridized carbons (Fsp3) is 0.571. The van der Waals surface area contributed by atoms with E-state index in [4.69, 9.17) is 9.26 Å². The maximum absolute atomic E-state index is 12.2. The number of nitrogens with zero attached hydrogens (tertiary/aromatic N) is 5. The van der Waals surface area contributed by atoms with Crippen LogP contribution >= 0.6 is 0 Å². The number of amides is 2. The number of ether oxygens (including phenoxy) is 1. The van der Waals surface area contributed by atoms with Gasteiger partial charge in [-0.05, 0) is 46.2 Å². The first-order valence-electron chi connectivity index (χ1n) is 10.5. The molecular formula is C21H30N6O4. The minimum Gasteiger partial charge on any atom is -0.444 e. The summed E-state index contributed by atoms with van der Waals surface area (Å²) >= 11 is 0. The molecule has 0 radical (unpaired) electrons. The highest BCUT2D eigenvalue weighted by molar-refractivity contribution is 5.89. The molecular weight excluding hydrogens is 400 g/mol. The number of aromatic nitrogens is 3. The lowest BCUT2D eigenvalue weighted by atomic mass is 10.2. The summed E-state index contributed by atoms with van der Waals surface area (Å²) < 4.78 is 10.5. The third-order valence-electron chi connectivity index (χ3n) is 4.68. The molecule has 3 rings (SSSR count). The van der Waals surface area contributed by atoms with Gasteiger partial charge in [0.05, 0.1) is 11.9 Å². The van der Waals surface area contributed by atoms with Crippen LogP contribution in [0.2, 0.25) is 0 Å². The second-order valence-electron chi connectivity index (χ2n) is 8.49. The Morgan fingerprint density at radius 2 is 1.94 bits per heavy atom. The van der Waals surface area contributed by atoms with Crippen molar-refractivity contribution in [3.8, 4) is 0 Å². The van der Waals surface area contributed by atoms with Crippen molar-refractivity contribution in [2.45, 2.75) is 52.6 Å². The zero-order chi connectivity index (χ0) is 22.4. The molecule has 1 saturated heterocycles. The van der Waals surface area contributed by atoms with E-state index >= 15 is 0 Å². The number of nitrogens with one attached hydrogen (secondary N) is 1. The molecule has 10 heteroatoms. The van der Waals surface area contributed by atoms with Gasteiger partial charge in [-0.1, -0.05) is 5.16 Å². The first-order chi connectivity index (χ1) is 14.7. The molecule has 0 atom stereocenters. The van der Waals surface area contributed by atoms with Crippen LogP contribution in [0.1, 0.15) is 45.3 Å². The number of hydrogen-bond acceptors (Lipinski definition) is 8. The molecule has 1 aliphatic rings. The molecule has 0 bridgehead atoms. The van der Waals surface area contributed by atoms with Crippen LogP contribution in [0.5, 0.6) is 0 Å². The fourth-order valence-electron chi connectivity index (χ4n) is 3.17. The maximum Gasteiger partial charge on any atom is 0.410 e. The molecule has 0 unspecified atom stereocenters. The van der Waals surface area contributed by atoms with Crippen LogP contribution in [0.4, 0.5) is 16.3 Å². The number of anilines is 2. The molecule has 2 aromatic rings. The second kappa shape index (κ2) is 9.76. The van der Waals surface area contributed by atoms with Crippen molar-refractivity contribution < 1.29 is 18.8 Å². The minimum atomic E-state index is -0.496. The number of aryl methyl sites for hydroxylation is 2. The van der Waals surface area contributed by atoms with Crippen LogP contribution in [0.15, 0.2) is 22.9 Å². The minimum absolute atomic E-state index is 0.109. The fourth-order valence-corrected chi connectivity index (χ4v) is 3.17. The Balaban J connectivity index is 1.41. The second-order valence-corrected chi connectivity index (χ2v) is 8.49. The molecule has 3 heterocycles. The average Bonchev–Trinajstić information content (AvgIpc) is 3.12. The van der Waals surface area contributed by atoms with Crippen LogP contribution in [-0.4, -0.2) is 63.8 Å². The van der Waals surface area contributed by atoms with Crippen LogP contribution in [-0.2, 0) is 16.0 Å². The molecule has 10 nitrogen and oxygen atoms in total. The van der Waals surface area contributed by atoms with Gasteiger partial charge in [-0.3, -0.25) is 4.79 Å². The van der Waals surface area contributed by atoms with E-state index in [0.717, 1.165) is 5.69 Å². The van der Waals surface area contributed by atoms with Crippen molar-refractivity contribution >= 4 is 23.5 Å². The first-order valence-corrected chi connectivity index (χ1v) is 10.5. The van der Waals surface area contributed by atoms with Crippen molar-refractivity contribution in [1.29, 1.82) is 0 Å². The Bertz CT molecular complexity index is 882. The number of piperazine rings is 1. The molecule has 168 valence electrons. The summed E-state index contributed by atoms with van der Waals surface area (Å²) in [7, 11) is 0. The number of hydrogen-bond donors (Lipinski definition) is 1. The highest BCUT2D eigenvalue weighted by Crippen LogP contribution is 2.19. The molecule has 2 aromatic heterocycles. The summed E-state index contributed by atoms with van der Waals surface area (Å²) in [5, 5.41) is 6.53. The van der Waals surface area contributed by atoms with E-state index in [9.17, 15) is 9.59 Å². The molecule has 1 fully saturated rings. The lowest BCUT2D eigenvalue weighted by molar-refractivity contribution is -0.116. The van der Waals surface area contributed by atoms with Crippen molar-refractivity contribution in [3.63, 3.8) is 0 Å². The summed E-state index contributed by atoms with van der Waals surface area (Å²) in [6, 6.07) is 3.71. The van der Waals surface area contributed by atoms with Gasteiger partial charge in [0.1, 0.15) is 11.4 Å². The van der Waals surface area contributed by atoms with E-state index in [-0.39, 0.29) is 12.0 Å². The lowest BCUT2D eigenvalue weighted by Gasteiger charge is -2.36. The van der Waals surface area contributed by atoms with Gasteiger partial charge >= 0.3 is 6.09 Å². The summed E-state index contributed by atoms with van der Waals surface area (Å²) in [5.41, 5.74) is 0.457. The Labute approximate surface area is 182 Å². The van der Waals surface area contributed by atoms with Crippen LogP contribution < -0.4 is 10.2 Å². The molecule has 0 aliphatic carbocycles. The van der Waals surface area contributed by atoms with Crippen LogP contribution in [0, 0.1) is 6.92 Å². The SMILES string of the molecule is Cc1noc(CCCC(=O)Nc2ccc(N3CCN(C(=O)OC(C)(C)C)CC3)cn2)n1. The van der Waals surface area contributed by atoms with Gasteiger partial charge in [0.25, 0.3) is 0 Å². The monoisotopic (exact) mass is 430 g/mol. The van der Waals surface area contributed by atoms with Crippen molar-refractivity contribution in [2.75, 3.05) is 36.4 Å². The molecule has 31 heavy (non-hydrogen) atoms. The lowest BCUT2D eigenvalue weighted by Crippen LogP contribution is -2.50. The standard InChI is InChI=1S/C21H30N6O4/c1-15-23-19(31-25-15)7-5-6-18(28)24-17-9-8-16(14-22-17)26-10-12-27(13-11-26)20(29)30-21(2,3)4/h8-9,14H,5-7,10-13H2,1-4H3,(H,22,24,28). The van der Waals surface area contributed by atoms with E-state index in [0.29, 0.717) is 63.0 Å². The largest absolute Gasteiger partial charge is 0.444 e. The molecule has 1 N–H and O–H groups in total. The average molecular weight is 431 g/mol. The van der Waals surface area contributed by atoms with Gasteiger partial charge in [-0.15, -0.1) is 0 Å². The zero-order valence-corrected chi connectivity index (χ0v) is 18.6. The van der Waals surface area contributed by atoms with Crippen molar-refractivity contribution in [1.82, 2.24) is 20.0 Å². The highest BCUT2D eigenvalue weighted by Gasteiger charge is 2.26. The normalized spacial score (nSPS) is 14.5. The van der Waals surface area contributed by atoms with Crippen molar-refractivity contribution in [3.05, 3.63) is 30.0 Å². The topological polar surface area (TPSA) is 114 Å². The van der Waals surface area contributed by atoms with Gasteiger partial charge < -0.3 is 24.4 Å². The van der Waals surface area contributed by atoms with Gasteiger partial charge in [-0.25, -0.2) is 9.78 Å². The summed E-state index contributed by atoms with van der Waals surface area (Å²) in [5.74, 6) is 1.53. The third kappa shape index (κ3) is 6.94. The maximum atomic E-state index is 12.2. The first kappa shape index (κ1) is 22.5. The number of carbonyl (C=O) groups excluding carboxylic acids is 2. The van der Waals surface area contributed by atoms with Gasteiger partial charge in [0.15, 0.2) is 5.82 Å². The Kier molecular flexibility index (Phi) is 7.09. The van der Waals surface area contributed by atoms with E-state index in [1.54, 1.807) is 24.1 Å². The summed E-state index contributed by atoms with van der Waals surface area (Å²) in [4.78, 5) is 36.6. The van der Waals surface area contributed by atoms with Crippen LogP contribution in [0.25, 0.3) is 0 Å². The molecule has 0 saturated carbocycles. The van der Waals surface area contributed by atoms with E-state index < -0.39 is 5.60 Å². The third-order valence-corrected chi connectivity index (χ3v) is 4.68. The predicted octanol–water partition coefficient (Wildman–Crippen LogP) is 2.79. The van der Waals surface area contributed by atoms with Crippen LogP contribution in [0.3, 0.4) is 0 Å².